The van der Waals surface area contributed by atoms with Crippen LogP contribution in [0.4, 0.5) is 0 Å². The first-order valence-electron chi connectivity index (χ1n) is 10.3. The summed E-state index contributed by atoms with van der Waals surface area (Å²) in [6.45, 7) is 5.02. The molecule has 0 saturated carbocycles. The van der Waals surface area contributed by atoms with Crippen LogP contribution in [0.2, 0.25) is 0 Å². The van der Waals surface area contributed by atoms with E-state index in [2.05, 4.69) is 13.8 Å². The number of ether oxygens (including phenoxy) is 1. The second-order valence-corrected chi connectivity index (χ2v) is 8.71. The second kappa shape index (κ2) is 14.0. The minimum Gasteiger partial charge on any atom is -0.550 e. The number of nitrogens with zero attached hydrogens (tertiary/aromatic N) is 1. The van der Waals surface area contributed by atoms with Crippen LogP contribution in [0.1, 0.15) is 84.5 Å². The Kier molecular flexibility index (Phi) is 13.4. The van der Waals surface area contributed by atoms with Crippen molar-refractivity contribution in [3.8, 4) is 0 Å². The maximum Gasteiger partial charge on any atom is 0.306 e. The average Bonchev–Trinajstić information content (AvgIpc) is 2.48. The number of aliphatic carboxylic acids is 1. The van der Waals surface area contributed by atoms with Crippen LogP contribution in [-0.4, -0.2) is 50.2 Å². The highest BCUT2D eigenvalue weighted by Crippen LogP contribution is 2.17. The number of esters is 1. The summed E-state index contributed by atoms with van der Waals surface area (Å²) in [6, 6.07) is 0. The van der Waals surface area contributed by atoms with E-state index in [1.807, 2.05) is 21.1 Å². The Bertz CT molecular complexity index is 390. The fourth-order valence-corrected chi connectivity index (χ4v) is 3.19. The van der Waals surface area contributed by atoms with Crippen LogP contribution < -0.4 is 5.11 Å². The van der Waals surface area contributed by atoms with Crippen molar-refractivity contribution < 1.29 is 23.9 Å². The predicted octanol–water partition coefficient (Wildman–Crippen LogP) is 3.30. The summed E-state index contributed by atoms with van der Waals surface area (Å²) in [7, 11) is 5.83. The molecule has 0 aliphatic heterocycles. The Balaban J connectivity index is 3.90. The zero-order valence-corrected chi connectivity index (χ0v) is 17.7. The van der Waals surface area contributed by atoms with Crippen molar-refractivity contribution in [3.63, 3.8) is 0 Å². The lowest BCUT2D eigenvalue weighted by Crippen LogP contribution is -2.45. The molecule has 154 valence electrons. The quantitative estimate of drug-likeness (QED) is 0.237. The molecular formula is C21H41NO4. The SMILES string of the molecule is CCCCCCC(C)CCCCCC(=O)OC(CC(=O)[O-])C[N+](C)(C)C. The molecule has 2 atom stereocenters. The van der Waals surface area contributed by atoms with Gasteiger partial charge in [0.05, 0.1) is 21.1 Å². The molecule has 0 aromatic rings. The average molecular weight is 372 g/mol. The lowest BCUT2D eigenvalue weighted by atomic mass is 9.96. The first-order chi connectivity index (χ1) is 12.1. The van der Waals surface area contributed by atoms with Gasteiger partial charge in [-0.3, -0.25) is 4.79 Å². The van der Waals surface area contributed by atoms with Gasteiger partial charge >= 0.3 is 5.97 Å². The minimum absolute atomic E-state index is 0.239. The monoisotopic (exact) mass is 371 g/mol. The fraction of sp³-hybridized carbons (Fsp3) is 0.905. The van der Waals surface area contributed by atoms with Gasteiger partial charge in [0.25, 0.3) is 0 Å². The Morgan fingerprint density at radius 2 is 1.54 bits per heavy atom. The number of unbranched alkanes of at least 4 members (excludes halogenated alkanes) is 5. The Morgan fingerprint density at radius 3 is 2.04 bits per heavy atom. The van der Waals surface area contributed by atoms with Crippen LogP contribution in [0.5, 0.6) is 0 Å². The van der Waals surface area contributed by atoms with E-state index in [1.165, 1.54) is 38.5 Å². The highest BCUT2D eigenvalue weighted by molar-refractivity contribution is 5.70. The first-order valence-corrected chi connectivity index (χ1v) is 10.3. The summed E-state index contributed by atoms with van der Waals surface area (Å²) in [5.74, 6) is -0.711. The summed E-state index contributed by atoms with van der Waals surface area (Å²) < 4.78 is 5.91. The number of carbonyl (C=O) groups is 2. The topological polar surface area (TPSA) is 66.4 Å². The number of quaternary nitrogens is 1. The van der Waals surface area contributed by atoms with Gasteiger partial charge in [-0.2, -0.15) is 0 Å². The summed E-state index contributed by atoms with van der Waals surface area (Å²) in [5, 5.41) is 10.8. The van der Waals surface area contributed by atoms with E-state index in [0.717, 1.165) is 25.2 Å². The zero-order chi connectivity index (χ0) is 20.0. The molecule has 26 heavy (non-hydrogen) atoms. The van der Waals surface area contributed by atoms with E-state index in [4.69, 9.17) is 4.74 Å². The number of hydrogen-bond acceptors (Lipinski definition) is 4. The van der Waals surface area contributed by atoms with Crippen molar-refractivity contribution >= 4 is 11.9 Å². The lowest BCUT2D eigenvalue weighted by Gasteiger charge is -2.29. The molecular weight excluding hydrogens is 330 g/mol. The van der Waals surface area contributed by atoms with Crippen LogP contribution in [0.15, 0.2) is 0 Å². The highest BCUT2D eigenvalue weighted by Gasteiger charge is 2.22. The molecule has 0 fully saturated rings. The third-order valence-corrected chi connectivity index (χ3v) is 4.57. The molecule has 2 unspecified atom stereocenters. The summed E-state index contributed by atoms with van der Waals surface area (Å²) >= 11 is 0. The van der Waals surface area contributed by atoms with Crippen LogP contribution >= 0.6 is 0 Å². The van der Waals surface area contributed by atoms with Crippen molar-refractivity contribution in [2.24, 2.45) is 5.92 Å². The van der Waals surface area contributed by atoms with Crippen molar-refractivity contribution in [2.75, 3.05) is 27.7 Å². The first kappa shape index (κ1) is 24.9. The third kappa shape index (κ3) is 16.4. The van der Waals surface area contributed by atoms with Gasteiger partial charge in [0.15, 0.2) is 6.10 Å². The smallest absolute Gasteiger partial charge is 0.306 e. The van der Waals surface area contributed by atoms with Crippen molar-refractivity contribution in [3.05, 3.63) is 0 Å². The van der Waals surface area contributed by atoms with Crippen molar-refractivity contribution in [2.45, 2.75) is 90.6 Å². The van der Waals surface area contributed by atoms with Crippen LogP contribution in [0, 0.1) is 5.92 Å². The van der Waals surface area contributed by atoms with Gasteiger partial charge in [-0.1, -0.05) is 65.2 Å². The van der Waals surface area contributed by atoms with Gasteiger partial charge in [-0.05, 0) is 12.3 Å². The molecule has 0 amide bonds. The minimum atomic E-state index is -1.18. The normalized spacial score (nSPS) is 14.0. The van der Waals surface area contributed by atoms with Gasteiger partial charge in [-0.25, -0.2) is 0 Å². The number of carboxylic acid groups (broad SMARTS) is 1. The van der Waals surface area contributed by atoms with Gasteiger partial charge in [0.2, 0.25) is 0 Å². The maximum absolute atomic E-state index is 12.0. The highest BCUT2D eigenvalue weighted by atomic mass is 16.5. The van der Waals surface area contributed by atoms with E-state index in [-0.39, 0.29) is 12.4 Å². The van der Waals surface area contributed by atoms with E-state index in [1.54, 1.807) is 0 Å². The Labute approximate surface area is 160 Å². The lowest BCUT2D eigenvalue weighted by molar-refractivity contribution is -0.873. The van der Waals surface area contributed by atoms with E-state index >= 15 is 0 Å². The van der Waals surface area contributed by atoms with Gasteiger partial charge in [0.1, 0.15) is 6.54 Å². The number of hydrogen-bond donors (Lipinski definition) is 0. The van der Waals surface area contributed by atoms with Gasteiger partial charge < -0.3 is 19.1 Å². The Morgan fingerprint density at radius 1 is 0.962 bits per heavy atom. The molecule has 0 saturated heterocycles. The number of likely N-dealkylation sites (N-methyl/N-ethyl adjacent to an activating group) is 1. The third-order valence-electron chi connectivity index (χ3n) is 4.57. The standard InChI is InChI=1S/C21H41NO4/c1-6-7-8-10-13-18(2)14-11-9-12-15-21(25)26-19(16-20(23)24)17-22(3,4)5/h18-19H,6-17H2,1-5H3. The van der Waals surface area contributed by atoms with Gasteiger partial charge in [-0.15, -0.1) is 0 Å². The van der Waals surface area contributed by atoms with Gasteiger partial charge in [0, 0.05) is 18.8 Å². The molecule has 0 aromatic heterocycles. The van der Waals surface area contributed by atoms with E-state index in [9.17, 15) is 14.7 Å². The molecule has 0 spiro atoms. The number of carboxylic acids is 1. The number of carbonyl (C=O) groups excluding carboxylic acids is 2. The van der Waals surface area contributed by atoms with Crippen LogP contribution in [-0.2, 0) is 14.3 Å². The predicted molar refractivity (Wildman–Crippen MR) is 103 cm³/mol. The molecule has 0 aromatic carbocycles. The molecule has 0 rings (SSSR count). The molecule has 0 N–H and O–H groups in total. The largest absolute Gasteiger partial charge is 0.550 e. The van der Waals surface area contributed by atoms with Crippen molar-refractivity contribution in [1.29, 1.82) is 0 Å². The molecule has 0 aliphatic carbocycles. The summed E-state index contributed by atoms with van der Waals surface area (Å²) in [4.78, 5) is 22.8. The fourth-order valence-electron chi connectivity index (χ4n) is 3.19. The molecule has 0 radical (unpaired) electrons. The molecule has 0 aliphatic rings. The molecule has 0 heterocycles. The molecule has 0 bridgehead atoms. The summed E-state index contributed by atoms with van der Waals surface area (Å²) in [6.07, 6.45) is 10.3. The van der Waals surface area contributed by atoms with Crippen LogP contribution in [0.25, 0.3) is 0 Å². The van der Waals surface area contributed by atoms with E-state index in [0.29, 0.717) is 17.4 Å². The molecule has 5 nitrogen and oxygen atoms in total. The summed E-state index contributed by atoms with van der Waals surface area (Å²) in [5.41, 5.74) is 0. The number of rotatable bonds is 16. The maximum atomic E-state index is 12.0. The Hall–Kier alpha value is -1.10. The van der Waals surface area contributed by atoms with Crippen LogP contribution in [0.3, 0.4) is 0 Å². The van der Waals surface area contributed by atoms with E-state index < -0.39 is 12.1 Å². The molecule has 5 heteroatoms. The zero-order valence-electron chi connectivity index (χ0n) is 17.7. The van der Waals surface area contributed by atoms with Crippen molar-refractivity contribution in [1.82, 2.24) is 0 Å². The second-order valence-electron chi connectivity index (χ2n) is 8.71.